The molecule has 5 nitrogen and oxygen atoms in total. The Balaban J connectivity index is 2.88. The van der Waals surface area contributed by atoms with Crippen LogP contribution in [-0.4, -0.2) is 31.8 Å². The normalized spacial score (nSPS) is 11.6. The van der Waals surface area contributed by atoms with Crippen LogP contribution >= 0.6 is 0 Å². The molecule has 122 valence electrons. The van der Waals surface area contributed by atoms with E-state index in [1.54, 1.807) is 31.2 Å². The molecule has 0 heterocycles. The van der Waals surface area contributed by atoms with Crippen molar-refractivity contribution in [3.8, 4) is 5.75 Å². The van der Waals surface area contributed by atoms with Crippen LogP contribution in [0.5, 0.6) is 5.75 Å². The third kappa shape index (κ3) is 5.39. The van der Waals surface area contributed by atoms with Crippen molar-refractivity contribution in [2.45, 2.75) is 45.6 Å². The number of carbonyl (C=O) groups is 2. The van der Waals surface area contributed by atoms with Gasteiger partial charge in [-0.3, -0.25) is 0 Å². The Morgan fingerprint density at radius 1 is 1.14 bits per heavy atom. The molecule has 1 unspecified atom stereocenters. The fourth-order valence-corrected chi connectivity index (χ4v) is 2.04. The van der Waals surface area contributed by atoms with Crippen molar-refractivity contribution in [1.82, 2.24) is 0 Å². The summed E-state index contributed by atoms with van der Waals surface area (Å²) in [5.74, 6) is -0.558. The van der Waals surface area contributed by atoms with Gasteiger partial charge in [0.1, 0.15) is 11.3 Å². The SMILES string of the molecule is CCCCCC(Oc1ccccc1C(=O)OCC)C(=O)OC. The zero-order valence-electron chi connectivity index (χ0n) is 13.5. The van der Waals surface area contributed by atoms with E-state index < -0.39 is 18.0 Å². The lowest BCUT2D eigenvalue weighted by atomic mass is 10.1. The van der Waals surface area contributed by atoms with Gasteiger partial charge >= 0.3 is 11.9 Å². The molecule has 0 aromatic heterocycles. The second-order valence-corrected chi connectivity index (χ2v) is 4.84. The van der Waals surface area contributed by atoms with Crippen LogP contribution in [0.1, 0.15) is 49.9 Å². The largest absolute Gasteiger partial charge is 0.478 e. The number of methoxy groups -OCH3 is 1. The summed E-state index contributed by atoms with van der Waals surface area (Å²) in [7, 11) is 1.33. The number of hydrogen-bond donors (Lipinski definition) is 0. The number of unbranched alkanes of at least 4 members (excludes halogenated alkanes) is 2. The first-order valence-electron chi connectivity index (χ1n) is 7.64. The Labute approximate surface area is 131 Å². The van der Waals surface area contributed by atoms with Gasteiger partial charge in [-0.25, -0.2) is 9.59 Å². The first-order valence-corrected chi connectivity index (χ1v) is 7.64. The average Bonchev–Trinajstić information content (AvgIpc) is 2.54. The summed E-state index contributed by atoms with van der Waals surface area (Å²) in [6, 6.07) is 6.75. The zero-order chi connectivity index (χ0) is 16.4. The van der Waals surface area contributed by atoms with Crippen molar-refractivity contribution >= 4 is 11.9 Å². The highest BCUT2D eigenvalue weighted by Gasteiger charge is 2.23. The molecule has 0 saturated carbocycles. The van der Waals surface area contributed by atoms with Crippen molar-refractivity contribution < 1.29 is 23.8 Å². The van der Waals surface area contributed by atoms with Crippen molar-refractivity contribution in [2.75, 3.05) is 13.7 Å². The molecular weight excluding hydrogens is 284 g/mol. The summed E-state index contributed by atoms with van der Waals surface area (Å²) in [4.78, 5) is 23.8. The molecule has 0 saturated heterocycles. The highest BCUT2D eigenvalue weighted by molar-refractivity contribution is 5.92. The Morgan fingerprint density at radius 3 is 2.50 bits per heavy atom. The lowest BCUT2D eigenvalue weighted by Crippen LogP contribution is -2.29. The predicted octanol–water partition coefficient (Wildman–Crippen LogP) is 3.36. The first-order chi connectivity index (χ1) is 10.6. The molecule has 0 spiro atoms. The number of ether oxygens (including phenoxy) is 3. The van der Waals surface area contributed by atoms with Crippen LogP contribution in [0.25, 0.3) is 0 Å². The number of carbonyl (C=O) groups excluding carboxylic acids is 2. The summed E-state index contributed by atoms with van der Waals surface area (Å²) in [5, 5.41) is 0. The quantitative estimate of drug-likeness (QED) is 0.517. The molecule has 0 aliphatic carbocycles. The Kier molecular flexibility index (Phi) is 8.04. The van der Waals surface area contributed by atoms with E-state index in [-0.39, 0.29) is 6.61 Å². The molecule has 0 aliphatic rings. The van der Waals surface area contributed by atoms with E-state index in [2.05, 4.69) is 6.92 Å². The van der Waals surface area contributed by atoms with Crippen molar-refractivity contribution in [3.63, 3.8) is 0 Å². The van der Waals surface area contributed by atoms with Crippen LogP contribution in [0.3, 0.4) is 0 Å². The van der Waals surface area contributed by atoms with Crippen molar-refractivity contribution in [1.29, 1.82) is 0 Å². The van der Waals surface area contributed by atoms with E-state index in [4.69, 9.17) is 14.2 Å². The van der Waals surface area contributed by atoms with E-state index in [9.17, 15) is 9.59 Å². The maximum Gasteiger partial charge on any atom is 0.347 e. The maximum atomic E-state index is 11.9. The molecule has 1 atom stereocenters. The Morgan fingerprint density at radius 2 is 1.86 bits per heavy atom. The lowest BCUT2D eigenvalue weighted by Gasteiger charge is -2.18. The fraction of sp³-hybridized carbons (Fsp3) is 0.529. The van der Waals surface area contributed by atoms with Crippen molar-refractivity contribution in [3.05, 3.63) is 29.8 Å². The van der Waals surface area contributed by atoms with Gasteiger partial charge in [0.05, 0.1) is 13.7 Å². The average molecular weight is 308 g/mol. The van der Waals surface area contributed by atoms with Crippen LogP contribution in [0.15, 0.2) is 24.3 Å². The topological polar surface area (TPSA) is 61.8 Å². The Hall–Kier alpha value is -2.04. The third-order valence-electron chi connectivity index (χ3n) is 3.19. The minimum Gasteiger partial charge on any atom is -0.478 e. The van der Waals surface area contributed by atoms with Gasteiger partial charge in [0.2, 0.25) is 0 Å². The lowest BCUT2D eigenvalue weighted by molar-refractivity contribution is -0.149. The molecule has 1 aromatic rings. The molecule has 0 aliphatic heterocycles. The first kappa shape index (κ1) is 18.0. The molecule has 1 rings (SSSR count). The van der Waals surface area contributed by atoms with Gasteiger partial charge < -0.3 is 14.2 Å². The molecule has 1 aromatic carbocycles. The second-order valence-electron chi connectivity index (χ2n) is 4.84. The van der Waals surface area contributed by atoms with E-state index in [0.717, 1.165) is 19.3 Å². The van der Waals surface area contributed by atoms with E-state index >= 15 is 0 Å². The number of hydrogen-bond acceptors (Lipinski definition) is 5. The summed E-state index contributed by atoms with van der Waals surface area (Å²) in [5.41, 5.74) is 0.314. The van der Waals surface area contributed by atoms with Crippen LogP contribution < -0.4 is 4.74 Å². The molecule has 0 bridgehead atoms. The minimum absolute atomic E-state index is 0.282. The van der Waals surface area contributed by atoms with Crippen LogP contribution in [0.2, 0.25) is 0 Å². The van der Waals surface area contributed by atoms with Gasteiger partial charge in [-0.05, 0) is 31.9 Å². The van der Waals surface area contributed by atoms with Gasteiger partial charge in [0.25, 0.3) is 0 Å². The smallest absolute Gasteiger partial charge is 0.347 e. The number of esters is 2. The van der Waals surface area contributed by atoms with Gasteiger partial charge in [-0.15, -0.1) is 0 Å². The molecule has 0 N–H and O–H groups in total. The molecule has 0 amide bonds. The van der Waals surface area contributed by atoms with Gasteiger partial charge in [0, 0.05) is 0 Å². The molecule has 0 fully saturated rings. The Bertz CT molecular complexity index is 484. The standard InChI is InChI=1S/C17H24O5/c1-4-6-7-12-15(17(19)20-3)22-14-11-9-8-10-13(14)16(18)21-5-2/h8-11,15H,4-7,12H2,1-3H3. The molecule has 22 heavy (non-hydrogen) atoms. The van der Waals surface area contributed by atoms with E-state index in [0.29, 0.717) is 17.7 Å². The fourth-order valence-electron chi connectivity index (χ4n) is 2.04. The maximum absolute atomic E-state index is 11.9. The summed E-state index contributed by atoms with van der Waals surface area (Å²) >= 11 is 0. The highest BCUT2D eigenvalue weighted by Crippen LogP contribution is 2.22. The number of para-hydroxylation sites is 1. The van der Waals surface area contributed by atoms with E-state index in [1.807, 2.05) is 0 Å². The van der Waals surface area contributed by atoms with Gasteiger partial charge in [-0.1, -0.05) is 31.9 Å². The summed E-state index contributed by atoms with van der Waals surface area (Å²) in [6.45, 7) is 4.11. The van der Waals surface area contributed by atoms with Crippen molar-refractivity contribution in [2.24, 2.45) is 0 Å². The van der Waals surface area contributed by atoms with E-state index in [1.165, 1.54) is 7.11 Å². The minimum atomic E-state index is -0.716. The predicted molar refractivity (Wildman–Crippen MR) is 83.0 cm³/mol. The highest BCUT2D eigenvalue weighted by atomic mass is 16.6. The van der Waals surface area contributed by atoms with Crippen LogP contribution in [-0.2, 0) is 14.3 Å². The van der Waals surface area contributed by atoms with Gasteiger partial charge in [-0.2, -0.15) is 0 Å². The molecular formula is C17H24O5. The number of rotatable bonds is 9. The number of benzene rings is 1. The summed E-state index contributed by atoms with van der Waals surface area (Å²) in [6.07, 6.45) is 2.76. The summed E-state index contributed by atoms with van der Waals surface area (Å²) < 4.78 is 15.5. The molecule has 5 heteroatoms. The van der Waals surface area contributed by atoms with Crippen LogP contribution in [0, 0.1) is 0 Å². The molecule has 0 radical (unpaired) electrons. The monoisotopic (exact) mass is 308 g/mol. The third-order valence-corrected chi connectivity index (χ3v) is 3.19. The van der Waals surface area contributed by atoms with Crippen LogP contribution in [0.4, 0.5) is 0 Å². The second kappa shape index (κ2) is 9.82. The van der Waals surface area contributed by atoms with Gasteiger partial charge in [0.15, 0.2) is 6.10 Å². The zero-order valence-corrected chi connectivity index (χ0v) is 13.5.